The molecular formula is C21H23N3O4S. The molecule has 0 unspecified atom stereocenters. The number of thiophene rings is 1. The number of esters is 1. The summed E-state index contributed by atoms with van der Waals surface area (Å²) in [5, 5.41) is 5.48. The number of aryl methyl sites for hydroxylation is 1. The molecule has 0 spiro atoms. The fraction of sp³-hybridized carbons (Fsp3) is 0.381. The summed E-state index contributed by atoms with van der Waals surface area (Å²) in [7, 11) is 0. The minimum absolute atomic E-state index is 0.0232. The average Bonchev–Trinajstić information content (AvgIpc) is 3.26. The lowest BCUT2D eigenvalue weighted by atomic mass is 10.2. The van der Waals surface area contributed by atoms with Crippen molar-refractivity contribution >= 4 is 33.4 Å². The van der Waals surface area contributed by atoms with Crippen molar-refractivity contribution in [2.75, 3.05) is 19.7 Å². The Kier molecular flexibility index (Phi) is 5.38. The van der Waals surface area contributed by atoms with Crippen molar-refractivity contribution in [2.24, 2.45) is 0 Å². The van der Waals surface area contributed by atoms with Gasteiger partial charge in [-0.25, -0.2) is 9.48 Å². The van der Waals surface area contributed by atoms with Crippen molar-refractivity contribution < 1.29 is 19.1 Å². The molecule has 1 saturated heterocycles. The molecule has 8 heteroatoms. The SMILES string of the molecule is Cc1nn(-c2ccccc2)c2sc(C(=O)OCC(=O)N3C[C@H](C)O[C@@H](C)C3)cc12. The number of hydrogen-bond donors (Lipinski definition) is 0. The molecule has 1 aromatic carbocycles. The van der Waals surface area contributed by atoms with Gasteiger partial charge in [-0.15, -0.1) is 11.3 Å². The van der Waals surface area contributed by atoms with Gasteiger partial charge in [0.1, 0.15) is 9.71 Å². The Bertz CT molecular complexity index is 1030. The molecule has 1 fully saturated rings. The summed E-state index contributed by atoms with van der Waals surface area (Å²) in [5.41, 5.74) is 1.77. The third-order valence-corrected chi connectivity index (χ3v) is 5.94. The molecule has 3 heterocycles. The number of benzene rings is 1. The lowest BCUT2D eigenvalue weighted by molar-refractivity contribution is -0.146. The Hall–Kier alpha value is -2.71. The summed E-state index contributed by atoms with van der Waals surface area (Å²) in [6.07, 6.45) is -0.0465. The highest BCUT2D eigenvalue weighted by Gasteiger charge is 2.27. The minimum atomic E-state index is -0.493. The number of fused-ring (bicyclic) bond motifs is 1. The minimum Gasteiger partial charge on any atom is -0.451 e. The van der Waals surface area contributed by atoms with Gasteiger partial charge >= 0.3 is 5.97 Å². The van der Waals surface area contributed by atoms with E-state index in [4.69, 9.17) is 9.47 Å². The highest BCUT2D eigenvalue weighted by molar-refractivity contribution is 7.20. The number of carbonyl (C=O) groups is 2. The zero-order valence-corrected chi connectivity index (χ0v) is 17.4. The van der Waals surface area contributed by atoms with Crippen molar-refractivity contribution in [3.05, 3.63) is 47.0 Å². The summed E-state index contributed by atoms with van der Waals surface area (Å²) >= 11 is 1.32. The van der Waals surface area contributed by atoms with Crippen molar-refractivity contribution in [1.82, 2.24) is 14.7 Å². The molecule has 152 valence electrons. The molecule has 1 amide bonds. The standard InChI is InChI=1S/C21H23N3O4S/c1-13-10-23(11-14(2)28-13)19(25)12-27-21(26)18-9-17-15(3)22-24(20(17)29-18)16-7-5-4-6-8-16/h4-9,13-14H,10-12H2,1-3H3/t13-,14-/m0/s1. The summed E-state index contributed by atoms with van der Waals surface area (Å²) in [6.45, 7) is 6.52. The molecule has 0 aliphatic carbocycles. The van der Waals surface area contributed by atoms with E-state index in [0.717, 1.165) is 21.6 Å². The Morgan fingerprint density at radius 1 is 1.21 bits per heavy atom. The van der Waals surface area contributed by atoms with E-state index < -0.39 is 5.97 Å². The summed E-state index contributed by atoms with van der Waals surface area (Å²) in [6, 6.07) is 11.5. The van der Waals surface area contributed by atoms with Gasteiger partial charge < -0.3 is 14.4 Å². The summed E-state index contributed by atoms with van der Waals surface area (Å²) in [5.74, 6) is -0.693. The van der Waals surface area contributed by atoms with E-state index in [-0.39, 0.29) is 24.7 Å². The molecule has 29 heavy (non-hydrogen) atoms. The fourth-order valence-electron chi connectivity index (χ4n) is 3.56. The van der Waals surface area contributed by atoms with Gasteiger partial charge in [0.15, 0.2) is 6.61 Å². The van der Waals surface area contributed by atoms with Crippen LogP contribution in [0, 0.1) is 6.92 Å². The molecule has 1 aliphatic rings. The van der Waals surface area contributed by atoms with Crippen LogP contribution in [0.1, 0.15) is 29.2 Å². The number of amides is 1. The largest absolute Gasteiger partial charge is 0.451 e. The first-order valence-corrected chi connectivity index (χ1v) is 10.4. The number of nitrogens with zero attached hydrogens (tertiary/aromatic N) is 3. The van der Waals surface area contributed by atoms with E-state index in [2.05, 4.69) is 5.10 Å². The summed E-state index contributed by atoms with van der Waals surface area (Å²) in [4.78, 5) is 28.0. The van der Waals surface area contributed by atoms with Crippen molar-refractivity contribution in [1.29, 1.82) is 0 Å². The smallest absolute Gasteiger partial charge is 0.348 e. The molecule has 2 aromatic heterocycles. The van der Waals surface area contributed by atoms with Crippen molar-refractivity contribution in [3.8, 4) is 5.69 Å². The quantitative estimate of drug-likeness (QED) is 0.614. The fourth-order valence-corrected chi connectivity index (χ4v) is 4.64. The third-order valence-electron chi connectivity index (χ3n) is 4.85. The number of morpholine rings is 1. The van der Waals surface area contributed by atoms with Gasteiger partial charge in [0.25, 0.3) is 5.91 Å². The van der Waals surface area contributed by atoms with Crippen LogP contribution in [0.4, 0.5) is 0 Å². The first kappa shape index (κ1) is 19.6. The predicted octanol–water partition coefficient (Wildman–Crippen LogP) is 3.19. The van der Waals surface area contributed by atoms with Crippen LogP contribution in [-0.2, 0) is 14.3 Å². The second-order valence-corrected chi connectivity index (χ2v) is 8.33. The number of aromatic nitrogens is 2. The van der Waals surface area contributed by atoms with Crippen LogP contribution in [0.5, 0.6) is 0 Å². The molecule has 0 saturated carbocycles. The van der Waals surface area contributed by atoms with Gasteiger partial charge in [0.05, 0.1) is 23.6 Å². The highest BCUT2D eigenvalue weighted by atomic mass is 32.1. The Balaban J connectivity index is 1.47. The molecule has 0 radical (unpaired) electrons. The number of carbonyl (C=O) groups excluding carboxylic acids is 2. The van der Waals surface area contributed by atoms with Crippen LogP contribution in [0.15, 0.2) is 36.4 Å². The predicted molar refractivity (Wildman–Crippen MR) is 111 cm³/mol. The highest BCUT2D eigenvalue weighted by Crippen LogP contribution is 2.30. The maximum atomic E-state index is 12.6. The summed E-state index contributed by atoms with van der Waals surface area (Å²) < 4.78 is 12.8. The van der Waals surface area contributed by atoms with Gasteiger partial charge in [-0.2, -0.15) is 5.10 Å². The second-order valence-electron chi connectivity index (χ2n) is 7.29. The first-order valence-electron chi connectivity index (χ1n) is 9.57. The maximum absolute atomic E-state index is 12.6. The van der Waals surface area contributed by atoms with Gasteiger partial charge in [-0.3, -0.25) is 4.79 Å². The van der Waals surface area contributed by atoms with Crippen molar-refractivity contribution in [3.63, 3.8) is 0 Å². The molecule has 3 aromatic rings. The number of para-hydroxylation sites is 1. The van der Waals surface area contributed by atoms with E-state index in [0.29, 0.717) is 18.0 Å². The van der Waals surface area contributed by atoms with E-state index in [1.54, 1.807) is 11.0 Å². The van der Waals surface area contributed by atoms with E-state index in [1.165, 1.54) is 11.3 Å². The molecule has 0 N–H and O–H groups in total. The Labute approximate surface area is 172 Å². The first-order chi connectivity index (χ1) is 13.9. The van der Waals surface area contributed by atoms with Crippen LogP contribution >= 0.6 is 11.3 Å². The lowest BCUT2D eigenvalue weighted by Crippen LogP contribution is -2.49. The van der Waals surface area contributed by atoms with Gasteiger partial charge in [-0.05, 0) is 39.0 Å². The van der Waals surface area contributed by atoms with E-state index in [9.17, 15) is 9.59 Å². The topological polar surface area (TPSA) is 73.7 Å². The number of hydrogen-bond acceptors (Lipinski definition) is 6. The molecular weight excluding hydrogens is 390 g/mol. The Morgan fingerprint density at radius 2 is 1.90 bits per heavy atom. The third kappa shape index (κ3) is 4.04. The number of rotatable bonds is 4. The van der Waals surface area contributed by atoms with Crippen LogP contribution in [-0.4, -0.2) is 58.5 Å². The zero-order valence-electron chi connectivity index (χ0n) is 16.6. The van der Waals surface area contributed by atoms with Gasteiger partial charge in [-0.1, -0.05) is 18.2 Å². The van der Waals surface area contributed by atoms with Gasteiger partial charge in [0, 0.05) is 18.5 Å². The van der Waals surface area contributed by atoms with Crippen molar-refractivity contribution in [2.45, 2.75) is 33.0 Å². The lowest BCUT2D eigenvalue weighted by Gasteiger charge is -2.35. The molecule has 7 nitrogen and oxygen atoms in total. The zero-order chi connectivity index (χ0) is 20.5. The van der Waals surface area contributed by atoms with E-state index >= 15 is 0 Å². The second kappa shape index (κ2) is 7.96. The van der Waals surface area contributed by atoms with Crippen LogP contribution in [0.2, 0.25) is 0 Å². The number of ether oxygens (including phenoxy) is 2. The van der Waals surface area contributed by atoms with Crippen LogP contribution in [0.25, 0.3) is 15.9 Å². The van der Waals surface area contributed by atoms with Crippen LogP contribution in [0.3, 0.4) is 0 Å². The normalized spacial score (nSPS) is 19.5. The average molecular weight is 413 g/mol. The Morgan fingerprint density at radius 3 is 2.59 bits per heavy atom. The maximum Gasteiger partial charge on any atom is 0.348 e. The van der Waals surface area contributed by atoms with Gasteiger partial charge in [0.2, 0.25) is 0 Å². The molecule has 2 atom stereocenters. The molecule has 4 rings (SSSR count). The van der Waals surface area contributed by atoms with Crippen LogP contribution < -0.4 is 0 Å². The molecule has 0 bridgehead atoms. The molecule has 1 aliphatic heterocycles. The monoisotopic (exact) mass is 413 g/mol. The van der Waals surface area contributed by atoms with E-state index in [1.807, 2.05) is 55.8 Å².